The van der Waals surface area contributed by atoms with E-state index in [1.807, 2.05) is 6.07 Å². The highest BCUT2D eigenvalue weighted by Crippen LogP contribution is 2.11. The van der Waals surface area contributed by atoms with Gasteiger partial charge in [-0.25, -0.2) is 0 Å². The number of hydrogen-bond donors (Lipinski definition) is 2. The molecule has 1 heterocycles. The van der Waals surface area contributed by atoms with Crippen molar-refractivity contribution in [3.05, 3.63) is 35.7 Å². The van der Waals surface area contributed by atoms with E-state index in [0.717, 1.165) is 44.1 Å². The monoisotopic (exact) mass is 430 g/mol. The van der Waals surface area contributed by atoms with E-state index in [-0.39, 0.29) is 12.3 Å². The van der Waals surface area contributed by atoms with E-state index in [1.54, 1.807) is 12.3 Å². The second-order valence-electron chi connectivity index (χ2n) is 8.31. The molecule has 1 aromatic heterocycles. The van der Waals surface area contributed by atoms with Crippen LogP contribution in [0.25, 0.3) is 6.08 Å². The largest absolute Gasteiger partial charge is 0.481 e. The number of pyridine rings is 1. The predicted octanol–water partition coefficient (Wildman–Crippen LogP) is 6.78. The van der Waals surface area contributed by atoms with Gasteiger partial charge in [-0.2, -0.15) is 0 Å². The minimum atomic E-state index is -0.732. The van der Waals surface area contributed by atoms with E-state index < -0.39 is 5.97 Å². The van der Waals surface area contributed by atoms with E-state index in [1.165, 1.54) is 51.4 Å². The zero-order valence-corrected chi connectivity index (χ0v) is 19.4. The van der Waals surface area contributed by atoms with Crippen LogP contribution in [0.1, 0.15) is 119 Å². The molecule has 0 saturated carbocycles. The van der Waals surface area contributed by atoms with Gasteiger partial charge in [0.2, 0.25) is 0 Å². The first-order chi connectivity index (χ1) is 15.1. The molecule has 0 aliphatic carbocycles. The second-order valence-corrected chi connectivity index (χ2v) is 8.31. The van der Waals surface area contributed by atoms with Crippen molar-refractivity contribution in [1.29, 1.82) is 0 Å². The predicted molar refractivity (Wildman–Crippen MR) is 128 cm³/mol. The maximum atomic E-state index is 12.2. The van der Waals surface area contributed by atoms with Crippen LogP contribution in [-0.2, 0) is 4.79 Å². The van der Waals surface area contributed by atoms with Crippen LogP contribution in [0.2, 0.25) is 0 Å². The fourth-order valence-corrected chi connectivity index (χ4v) is 3.48. The van der Waals surface area contributed by atoms with Crippen molar-refractivity contribution in [2.24, 2.45) is 0 Å². The Labute approximate surface area is 188 Å². The summed E-state index contributed by atoms with van der Waals surface area (Å²) < 4.78 is 0. The van der Waals surface area contributed by atoms with Crippen molar-refractivity contribution in [2.45, 2.75) is 103 Å². The minimum absolute atomic E-state index is 0.139. The van der Waals surface area contributed by atoms with Crippen LogP contribution in [0.3, 0.4) is 0 Å². The van der Waals surface area contributed by atoms with Crippen LogP contribution in [0.4, 0.5) is 0 Å². The lowest BCUT2D eigenvalue weighted by molar-refractivity contribution is -0.137. The molecule has 1 aromatic rings. The van der Waals surface area contributed by atoms with Gasteiger partial charge >= 0.3 is 5.97 Å². The summed E-state index contributed by atoms with van der Waals surface area (Å²) in [6, 6.07) is 3.71. The molecule has 31 heavy (non-hydrogen) atoms. The van der Waals surface area contributed by atoms with Gasteiger partial charge in [-0.3, -0.25) is 14.6 Å². The average Bonchev–Trinajstić information content (AvgIpc) is 2.77. The van der Waals surface area contributed by atoms with Crippen molar-refractivity contribution in [3.8, 4) is 0 Å². The molecule has 0 spiro atoms. The molecule has 0 aliphatic rings. The normalized spacial score (nSPS) is 11.1. The number of amides is 1. The Morgan fingerprint density at radius 3 is 2.19 bits per heavy atom. The summed E-state index contributed by atoms with van der Waals surface area (Å²) in [4.78, 5) is 26.9. The molecule has 0 aromatic carbocycles. The molecule has 0 unspecified atom stereocenters. The van der Waals surface area contributed by atoms with Crippen LogP contribution in [0, 0.1) is 0 Å². The molecular weight excluding hydrogens is 388 g/mol. The number of carboxylic acid groups (broad SMARTS) is 1. The number of aromatic nitrogens is 1. The highest BCUT2D eigenvalue weighted by atomic mass is 16.4. The van der Waals surface area contributed by atoms with Crippen LogP contribution in [-0.4, -0.2) is 28.5 Å². The summed E-state index contributed by atoms with van der Waals surface area (Å²) in [5.74, 6) is -0.870. The fourth-order valence-electron chi connectivity index (χ4n) is 3.48. The number of unbranched alkanes of at least 4 members (excludes halogenated alkanes) is 12. The van der Waals surface area contributed by atoms with Gasteiger partial charge in [0, 0.05) is 19.2 Å². The number of nitrogens with one attached hydrogen (secondary N) is 1. The number of nitrogens with zero attached hydrogens (tertiary/aromatic N) is 1. The van der Waals surface area contributed by atoms with Crippen molar-refractivity contribution in [1.82, 2.24) is 10.3 Å². The second kappa shape index (κ2) is 18.6. The van der Waals surface area contributed by atoms with Crippen molar-refractivity contribution in [2.75, 3.05) is 6.54 Å². The molecule has 5 heteroatoms. The quantitative estimate of drug-likeness (QED) is 0.237. The van der Waals surface area contributed by atoms with Gasteiger partial charge in [0.15, 0.2) is 0 Å². The SMILES string of the molecule is CCCCCCCCCCC=Cc1ccc(C(=O)NCCCCCCCC(=O)O)nc1. The lowest BCUT2D eigenvalue weighted by Crippen LogP contribution is -2.25. The Hall–Kier alpha value is -2.17. The summed E-state index contributed by atoms with van der Waals surface area (Å²) in [7, 11) is 0. The lowest BCUT2D eigenvalue weighted by atomic mass is 10.1. The molecule has 1 rings (SSSR count). The third-order valence-corrected chi connectivity index (χ3v) is 5.41. The number of hydrogen-bond acceptors (Lipinski definition) is 3. The standard InChI is InChI=1S/C26H42N2O3/c1-2-3-4-5-6-7-8-9-11-14-17-23-19-20-24(28-22-23)26(31)27-21-16-13-10-12-15-18-25(29)30/h14,17,19-20,22H,2-13,15-16,18,21H2,1H3,(H,27,31)(H,29,30). The van der Waals surface area contributed by atoms with Gasteiger partial charge in [-0.15, -0.1) is 0 Å². The Balaban J connectivity index is 2.09. The maximum Gasteiger partial charge on any atom is 0.303 e. The number of aliphatic carboxylic acids is 1. The van der Waals surface area contributed by atoms with E-state index in [4.69, 9.17) is 5.11 Å². The fraction of sp³-hybridized carbons (Fsp3) is 0.654. The molecule has 0 radical (unpaired) electrons. The highest BCUT2D eigenvalue weighted by molar-refractivity contribution is 5.92. The van der Waals surface area contributed by atoms with E-state index in [2.05, 4.69) is 29.4 Å². The van der Waals surface area contributed by atoms with Gasteiger partial charge in [0.1, 0.15) is 5.69 Å². The summed E-state index contributed by atoms with van der Waals surface area (Å²) in [5, 5.41) is 11.5. The minimum Gasteiger partial charge on any atom is -0.481 e. The van der Waals surface area contributed by atoms with Crippen molar-refractivity contribution >= 4 is 18.0 Å². The number of carbonyl (C=O) groups excluding carboxylic acids is 1. The smallest absolute Gasteiger partial charge is 0.303 e. The first-order valence-electron chi connectivity index (χ1n) is 12.3. The number of carbonyl (C=O) groups is 2. The lowest BCUT2D eigenvalue weighted by Gasteiger charge is -2.05. The molecule has 2 N–H and O–H groups in total. The number of carboxylic acids is 1. The molecule has 0 atom stereocenters. The van der Waals surface area contributed by atoms with Gasteiger partial charge in [0.25, 0.3) is 5.91 Å². The molecule has 0 bridgehead atoms. The van der Waals surface area contributed by atoms with Gasteiger partial charge in [-0.1, -0.05) is 89.4 Å². The highest BCUT2D eigenvalue weighted by Gasteiger charge is 2.05. The van der Waals surface area contributed by atoms with E-state index in [0.29, 0.717) is 12.2 Å². The van der Waals surface area contributed by atoms with Crippen LogP contribution in [0.15, 0.2) is 24.4 Å². The number of allylic oxidation sites excluding steroid dienone is 1. The zero-order valence-electron chi connectivity index (χ0n) is 19.4. The number of rotatable bonds is 19. The molecule has 174 valence electrons. The van der Waals surface area contributed by atoms with Gasteiger partial charge in [0.05, 0.1) is 0 Å². The molecular formula is C26H42N2O3. The van der Waals surface area contributed by atoms with Crippen LogP contribution in [0.5, 0.6) is 0 Å². The Morgan fingerprint density at radius 1 is 0.903 bits per heavy atom. The third-order valence-electron chi connectivity index (χ3n) is 5.41. The molecule has 1 amide bonds. The molecule has 5 nitrogen and oxygen atoms in total. The summed E-state index contributed by atoms with van der Waals surface area (Å²) in [6.07, 6.45) is 22.6. The summed E-state index contributed by atoms with van der Waals surface area (Å²) >= 11 is 0. The van der Waals surface area contributed by atoms with Gasteiger partial charge < -0.3 is 10.4 Å². The maximum absolute atomic E-state index is 12.2. The topological polar surface area (TPSA) is 79.3 Å². The van der Waals surface area contributed by atoms with Gasteiger partial charge in [-0.05, 0) is 37.3 Å². The third kappa shape index (κ3) is 15.3. The average molecular weight is 431 g/mol. The Bertz CT molecular complexity index is 626. The molecule has 0 saturated heterocycles. The van der Waals surface area contributed by atoms with E-state index in [9.17, 15) is 9.59 Å². The van der Waals surface area contributed by atoms with E-state index >= 15 is 0 Å². The zero-order chi connectivity index (χ0) is 22.6. The van der Waals surface area contributed by atoms with Crippen LogP contribution >= 0.6 is 0 Å². The molecule has 0 fully saturated rings. The van der Waals surface area contributed by atoms with Crippen LogP contribution < -0.4 is 5.32 Å². The Kier molecular flexibility index (Phi) is 16.1. The first-order valence-corrected chi connectivity index (χ1v) is 12.3. The van der Waals surface area contributed by atoms with Crippen molar-refractivity contribution < 1.29 is 14.7 Å². The first kappa shape index (κ1) is 26.9. The molecule has 0 aliphatic heterocycles. The summed E-state index contributed by atoms with van der Waals surface area (Å²) in [6.45, 7) is 2.88. The summed E-state index contributed by atoms with van der Waals surface area (Å²) in [5.41, 5.74) is 1.47. The Morgan fingerprint density at radius 2 is 1.55 bits per heavy atom. The van der Waals surface area contributed by atoms with Crippen molar-refractivity contribution in [3.63, 3.8) is 0 Å².